The molecule has 1 aromatic carbocycles. The van der Waals surface area contributed by atoms with Gasteiger partial charge in [0.15, 0.2) is 5.76 Å². The number of aryl methyl sites for hydroxylation is 1. The lowest BCUT2D eigenvalue weighted by Gasteiger charge is -2.33. The fourth-order valence-corrected chi connectivity index (χ4v) is 3.80. The van der Waals surface area contributed by atoms with Gasteiger partial charge in [-0.2, -0.15) is 0 Å². The van der Waals surface area contributed by atoms with E-state index in [9.17, 15) is 4.79 Å². The third kappa shape index (κ3) is 5.55. The number of benzene rings is 1. The highest BCUT2D eigenvalue weighted by molar-refractivity contribution is 5.89. The van der Waals surface area contributed by atoms with Crippen LogP contribution in [0, 0.1) is 12.8 Å². The fourth-order valence-electron chi connectivity index (χ4n) is 3.80. The van der Waals surface area contributed by atoms with E-state index in [-0.39, 0.29) is 11.9 Å². The summed E-state index contributed by atoms with van der Waals surface area (Å²) in [6, 6.07) is 12.0. The number of rotatable bonds is 6. The Morgan fingerprint density at radius 2 is 2.22 bits per heavy atom. The van der Waals surface area contributed by atoms with E-state index in [1.807, 2.05) is 29.3 Å². The average molecular weight is 433 g/mol. The van der Waals surface area contributed by atoms with Gasteiger partial charge in [-0.25, -0.2) is 4.79 Å². The summed E-state index contributed by atoms with van der Waals surface area (Å²) in [7, 11) is 0. The number of anilines is 1. The van der Waals surface area contributed by atoms with Crippen molar-refractivity contribution in [1.82, 2.24) is 15.0 Å². The van der Waals surface area contributed by atoms with Crippen LogP contribution in [-0.2, 0) is 6.42 Å². The van der Waals surface area contributed by atoms with Crippen molar-refractivity contribution in [2.75, 3.05) is 25.0 Å². The molecule has 0 radical (unpaired) electrons. The molecule has 1 aliphatic rings. The maximum absolute atomic E-state index is 12.6. The Balaban J connectivity index is 1.32. The zero-order valence-corrected chi connectivity index (χ0v) is 18.5. The number of nitrogens with one attached hydrogen (secondary N) is 1. The van der Waals surface area contributed by atoms with Gasteiger partial charge in [-0.15, -0.1) is 0 Å². The Kier molecular flexibility index (Phi) is 6.84. The van der Waals surface area contributed by atoms with Gasteiger partial charge in [-0.05, 0) is 48.6 Å². The SMILES string of the molecule is Cc1oncc1NC(=O)N1CCC(=Cc2cccc(OCCc3cccnc3)c2)C(C)C1. The molecular formula is C25H28N4O3. The van der Waals surface area contributed by atoms with E-state index < -0.39 is 0 Å². The molecule has 3 heterocycles. The van der Waals surface area contributed by atoms with Crippen LogP contribution in [0.3, 0.4) is 0 Å². The predicted molar refractivity (Wildman–Crippen MR) is 123 cm³/mol. The Morgan fingerprint density at radius 1 is 1.31 bits per heavy atom. The minimum atomic E-state index is -0.119. The van der Waals surface area contributed by atoms with Crippen molar-refractivity contribution in [1.29, 1.82) is 0 Å². The number of hydrogen-bond donors (Lipinski definition) is 1. The van der Waals surface area contributed by atoms with E-state index in [4.69, 9.17) is 9.26 Å². The minimum absolute atomic E-state index is 0.119. The zero-order chi connectivity index (χ0) is 22.3. The van der Waals surface area contributed by atoms with Crippen LogP contribution >= 0.6 is 0 Å². The number of amides is 2. The Morgan fingerprint density at radius 3 is 2.97 bits per heavy atom. The van der Waals surface area contributed by atoms with Crippen molar-refractivity contribution in [2.45, 2.75) is 26.7 Å². The van der Waals surface area contributed by atoms with E-state index in [0.29, 0.717) is 31.1 Å². The zero-order valence-electron chi connectivity index (χ0n) is 18.5. The molecule has 166 valence electrons. The highest BCUT2D eigenvalue weighted by Gasteiger charge is 2.25. The molecule has 32 heavy (non-hydrogen) atoms. The third-order valence-corrected chi connectivity index (χ3v) is 5.67. The first kappa shape index (κ1) is 21.6. The summed E-state index contributed by atoms with van der Waals surface area (Å²) in [4.78, 5) is 18.6. The van der Waals surface area contributed by atoms with Crippen molar-refractivity contribution in [2.24, 2.45) is 5.92 Å². The molecule has 2 amide bonds. The highest BCUT2D eigenvalue weighted by Crippen LogP contribution is 2.27. The number of nitrogens with zero attached hydrogens (tertiary/aromatic N) is 3. The summed E-state index contributed by atoms with van der Waals surface area (Å²) in [6.07, 6.45) is 9.05. The molecule has 7 nitrogen and oxygen atoms in total. The van der Waals surface area contributed by atoms with Crippen molar-refractivity contribution in [3.05, 3.63) is 77.4 Å². The summed E-state index contributed by atoms with van der Waals surface area (Å²) < 4.78 is 11.0. The maximum atomic E-state index is 12.6. The molecule has 7 heteroatoms. The Labute approximate surface area is 188 Å². The molecule has 1 atom stereocenters. The Hall–Kier alpha value is -3.61. The molecule has 1 saturated heterocycles. The van der Waals surface area contributed by atoms with Gasteiger partial charge in [-0.3, -0.25) is 4.98 Å². The number of pyridine rings is 1. The minimum Gasteiger partial charge on any atom is -0.493 e. The van der Waals surface area contributed by atoms with E-state index >= 15 is 0 Å². The number of ether oxygens (including phenoxy) is 1. The number of likely N-dealkylation sites (tertiary alicyclic amines) is 1. The second-order valence-corrected chi connectivity index (χ2v) is 8.07. The van der Waals surface area contributed by atoms with Gasteiger partial charge in [0.25, 0.3) is 0 Å². The second kappa shape index (κ2) is 10.1. The van der Waals surface area contributed by atoms with Gasteiger partial charge >= 0.3 is 6.03 Å². The van der Waals surface area contributed by atoms with Gasteiger partial charge < -0.3 is 19.5 Å². The van der Waals surface area contributed by atoms with Crippen LogP contribution in [0.5, 0.6) is 5.75 Å². The quantitative estimate of drug-likeness (QED) is 0.596. The summed E-state index contributed by atoms with van der Waals surface area (Å²) in [5.74, 6) is 1.73. The third-order valence-electron chi connectivity index (χ3n) is 5.67. The van der Waals surface area contributed by atoms with Crippen LogP contribution in [0.15, 0.2) is 65.1 Å². The molecule has 4 rings (SSSR count). The summed E-state index contributed by atoms with van der Waals surface area (Å²) in [6.45, 7) is 5.89. The van der Waals surface area contributed by atoms with Crippen molar-refractivity contribution in [3.8, 4) is 5.75 Å². The van der Waals surface area contributed by atoms with E-state index in [1.165, 1.54) is 11.8 Å². The van der Waals surface area contributed by atoms with Crippen molar-refractivity contribution >= 4 is 17.8 Å². The molecule has 3 aromatic rings. The molecule has 1 fully saturated rings. The standard InChI is InChI=1S/C25H28N4O3/c1-18-17-29(25(30)28-24-16-27-32-19(24)2)11-8-22(18)13-21-5-3-7-23(14-21)31-12-9-20-6-4-10-26-15-20/h3-7,10,13-16,18H,8-9,11-12,17H2,1-2H3,(H,28,30). The van der Waals surface area contributed by atoms with Crippen LogP contribution in [0.1, 0.15) is 30.2 Å². The predicted octanol–water partition coefficient (Wildman–Crippen LogP) is 4.96. The molecule has 1 unspecified atom stereocenters. The molecule has 0 saturated carbocycles. The van der Waals surface area contributed by atoms with Crippen molar-refractivity contribution in [3.63, 3.8) is 0 Å². The summed E-state index contributed by atoms with van der Waals surface area (Å²) in [5.41, 5.74) is 4.23. The number of hydrogen-bond acceptors (Lipinski definition) is 5. The number of carbonyl (C=O) groups is 1. The number of urea groups is 1. The molecule has 0 bridgehead atoms. The van der Waals surface area contributed by atoms with E-state index in [1.54, 1.807) is 13.1 Å². The highest BCUT2D eigenvalue weighted by atomic mass is 16.5. The van der Waals surface area contributed by atoms with Gasteiger partial charge in [0, 0.05) is 31.9 Å². The van der Waals surface area contributed by atoms with Crippen molar-refractivity contribution < 1.29 is 14.1 Å². The van der Waals surface area contributed by atoms with Crippen LogP contribution in [0.2, 0.25) is 0 Å². The number of carbonyl (C=O) groups excluding carboxylic acids is 1. The number of piperidine rings is 1. The molecular weight excluding hydrogens is 404 g/mol. The van der Waals surface area contributed by atoms with Crippen LogP contribution in [0.4, 0.5) is 10.5 Å². The lowest BCUT2D eigenvalue weighted by Crippen LogP contribution is -2.42. The lowest BCUT2D eigenvalue weighted by atomic mass is 9.91. The van der Waals surface area contributed by atoms with Crippen LogP contribution in [0.25, 0.3) is 6.08 Å². The lowest BCUT2D eigenvalue weighted by molar-refractivity contribution is 0.197. The fraction of sp³-hybridized carbons (Fsp3) is 0.320. The first-order valence-corrected chi connectivity index (χ1v) is 10.9. The second-order valence-electron chi connectivity index (χ2n) is 8.07. The van der Waals surface area contributed by atoms with Gasteiger partial charge in [0.2, 0.25) is 0 Å². The molecule has 1 N–H and O–H groups in total. The number of aromatic nitrogens is 2. The first-order valence-electron chi connectivity index (χ1n) is 10.9. The first-order chi connectivity index (χ1) is 15.6. The summed E-state index contributed by atoms with van der Waals surface area (Å²) in [5, 5.41) is 6.58. The average Bonchev–Trinajstić information content (AvgIpc) is 3.20. The normalized spacial score (nSPS) is 17.4. The summed E-state index contributed by atoms with van der Waals surface area (Å²) >= 11 is 0. The van der Waals surface area contributed by atoms with Gasteiger partial charge in [0.05, 0.1) is 12.8 Å². The van der Waals surface area contributed by atoms with E-state index in [2.05, 4.69) is 46.7 Å². The monoisotopic (exact) mass is 432 g/mol. The maximum Gasteiger partial charge on any atom is 0.322 e. The Bertz CT molecular complexity index is 1080. The van der Waals surface area contributed by atoms with Gasteiger partial charge in [0.1, 0.15) is 11.4 Å². The molecule has 2 aromatic heterocycles. The van der Waals surface area contributed by atoms with Crippen LogP contribution < -0.4 is 10.1 Å². The van der Waals surface area contributed by atoms with Gasteiger partial charge in [-0.1, -0.05) is 41.9 Å². The van der Waals surface area contributed by atoms with Crippen LogP contribution in [-0.4, -0.2) is 40.8 Å². The largest absolute Gasteiger partial charge is 0.493 e. The molecule has 1 aliphatic heterocycles. The topological polar surface area (TPSA) is 80.5 Å². The van der Waals surface area contributed by atoms with E-state index in [0.717, 1.165) is 29.7 Å². The molecule has 0 aliphatic carbocycles. The smallest absolute Gasteiger partial charge is 0.322 e. The molecule has 0 spiro atoms.